The van der Waals surface area contributed by atoms with Crippen LogP contribution >= 0.6 is 15.9 Å². The van der Waals surface area contributed by atoms with Crippen LogP contribution in [0.25, 0.3) is 0 Å². The summed E-state index contributed by atoms with van der Waals surface area (Å²) in [5, 5.41) is 8.80. The van der Waals surface area contributed by atoms with Crippen molar-refractivity contribution in [3.8, 4) is 5.75 Å². The maximum Gasteiger partial charge on any atom is 0.311 e. The van der Waals surface area contributed by atoms with Crippen LogP contribution in [0.5, 0.6) is 5.75 Å². The van der Waals surface area contributed by atoms with Crippen LogP contribution in [0.1, 0.15) is 24.3 Å². The Kier molecular flexibility index (Phi) is 2.96. The highest BCUT2D eigenvalue weighted by molar-refractivity contribution is 9.10. The van der Waals surface area contributed by atoms with E-state index >= 15 is 0 Å². The van der Waals surface area contributed by atoms with Gasteiger partial charge in [0, 0.05) is 16.0 Å². The predicted molar refractivity (Wildman–Crippen MR) is 59.4 cm³/mol. The number of carbonyl (C=O) groups excluding carboxylic acids is 1. The first-order valence-electron chi connectivity index (χ1n) is 4.79. The molecule has 0 bridgehead atoms. The molecule has 1 aliphatic rings. The van der Waals surface area contributed by atoms with Crippen LogP contribution in [0.15, 0.2) is 22.7 Å². The van der Waals surface area contributed by atoms with Crippen molar-refractivity contribution in [1.82, 2.24) is 0 Å². The van der Waals surface area contributed by atoms with Gasteiger partial charge in [0.05, 0.1) is 12.8 Å². The maximum absolute atomic E-state index is 11.3. The molecule has 4 nitrogen and oxygen atoms in total. The van der Waals surface area contributed by atoms with E-state index in [-0.39, 0.29) is 24.7 Å². The second-order valence-corrected chi connectivity index (χ2v) is 4.48. The number of ether oxygens (including phenoxy) is 1. The molecule has 0 aromatic heterocycles. The Morgan fingerprint density at radius 2 is 2.31 bits per heavy atom. The molecular formula is C11H9BrO4. The number of carbonyl (C=O) groups is 2. The van der Waals surface area contributed by atoms with Gasteiger partial charge in [0.1, 0.15) is 5.75 Å². The third-order valence-corrected chi connectivity index (χ3v) is 3.17. The van der Waals surface area contributed by atoms with Crippen LogP contribution in [0.3, 0.4) is 0 Å². The lowest BCUT2D eigenvalue weighted by atomic mass is 9.90. The molecule has 0 spiro atoms. The van der Waals surface area contributed by atoms with Crippen LogP contribution in [0.2, 0.25) is 0 Å². The summed E-state index contributed by atoms with van der Waals surface area (Å²) in [6, 6.07) is 5.23. The summed E-state index contributed by atoms with van der Waals surface area (Å²) in [5.41, 5.74) is 0.768. The molecule has 5 heteroatoms. The van der Waals surface area contributed by atoms with E-state index in [1.807, 2.05) is 6.07 Å². The lowest BCUT2D eigenvalue weighted by Crippen LogP contribution is -2.22. The zero-order valence-electron chi connectivity index (χ0n) is 8.27. The maximum atomic E-state index is 11.3. The van der Waals surface area contributed by atoms with Gasteiger partial charge in [0.2, 0.25) is 0 Å². The number of hydrogen-bond donors (Lipinski definition) is 1. The van der Waals surface area contributed by atoms with Crippen molar-refractivity contribution < 1.29 is 19.4 Å². The summed E-state index contributed by atoms with van der Waals surface area (Å²) in [5.74, 6) is -1.15. The minimum absolute atomic E-state index is 0.0648. The summed E-state index contributed by atoms with van der Waals surface area (Å²) in [6.07, 6.45) is 0.0482. The topological polar surface area (TPSA) is 63.6 Å². The number of rotatable bonds is 2. The first kappa shape index (κ1) is 11.1. The van der Waals surface area contributed by atoms with Gasteiger partial charge in [0.25, 0.3) is 0 Å². The predicted octanol–water partition coefficient (Wildman–Crippen LogP) is 2.32. The third-order valence-electron chi connectivity index (χ3n) is 2.48. The molecule has 1 N–H and O–H groups in total. The van der Waals surface area contributed by atoms with Crippen LogP contribution in [-0.4, -0.2) is 17.0 Å². The van der Waals surface area contributed by atoms with Gasteiger partial charge in [-0.05, 0) is 12.1 Å². The van der Waals surface area contributed by atoms with Crippen molar-refractivity contribution >= 4 is 27.9 Å². The number of halogens is 1. The molecule has 1 aromatic carbocycles. The van der Waals surface area contributed by atoms with Gasteiger partial charge in [-0.25, -0.2) is 0 Å². The van der Waals surface area contributed by atoms with Gasteiger partial charge in [-0.2, -0.15) is 0 Å². The number of esters is 1. The van der Waals surface area contributed by atoms with Gasteiger partial charge in [-0.1, -0.05) is 22.0 Å². The third kappa shape index (κ3) is 2.09. The summed E-state index contributed by atoms with van der Waals surface area (Å²) in [7, 11) is 0. The summed E-state index contributed by atoms with van der Waals surface area (Å²) in [4.78, 5) is 22.0. The monoisotopic (exact) mass is 284 g/mol. The Labute approximate surface area is 100 Å². The average molecular weight is 285 g/mol. The average Bonchev–Trinajstić information content (AvgIpc) is 2.15. The molecule has 84 valence electrons. The molecule has 1 aliphatic heterocycles. The number of carboxylic acids is 1. The van der Waals surface area contributed by atoms with Crippen molar-refractivity contribution in [1.29, 1.82) is 0 Å². The summed E-state index contributed by atoms with van der Waals surface area (Å²) < 4.78 is 5.84. The van der Waals surface area contributed by atoms with E-state index in [2.05, 4.69) is 15.9 Å². The molecule has 0 unspecified atom stereocenters. The van der Waals surface area contributed by atoms with E-state index < -0.39 is 5.97 Å². The summed E-state index contributed by atoms with van der Waals surface area (Å²) >= 11 is 3.35. The van der Waals surface area contributed by atoms with Gasteiger partial charge in [0.15, 0.2) is 0 Å². The van der Waals surface area contributed by atoms with Crippen LogP contribution < -0.4 is 4.74 Å². The number of fused-ring (bicyclic) bond motifs is 1. The molecule has 16 heavy (non-hydrogen) atoms. The lowest BCUT2D eigenvalue weighted by molar-refractivity contribution is -0.139. The Balaban J connectivity index is 2.43. The van der Waals surface area contributed by atoms with Crippen molar-refractivity contribution in [2.75, 3.05) is 0 Å². The van der Waals surface area contributed by atoms with Crippen molar-refractivity contribution in [3.05, 3.63) is 28.2 Å². The molecule has 0 saturated carbocycles. The zero-order valence-corrected chi connectivity index (χ0v) is 9.86. The number of carboxylic acid groups (broad SMARTS) is 1. The Hall–Kier alpha value is -1.36. The smallest absolute Gasteiger partial charge is 0.311 e. The highest BCUT2D eigenvalue weighted by Crippen LogP contribution is 2.40. The largest absolute Gasteiger partial charge is 0.481 e. The Morgan fingerprint density at radius 3 is 3.00 bits per heavy atom. The Morgan fingerprint density at radius 1 is 1.56 bits per heavy atom. The van der Waals surface area contributed by atoms with E-state index in [0.717, 1.165) is 10.0 Å². The molecule has 0 saturated heterocycles. The second-order valence-electron chi connectivity index (χ2n) is 3.62. The SMILES string of the molecule is O=C(O)C[C@@H]1CC(=O)Oc2cccc(Br)c21. The highest BCUT2D eigenvalue weighted by atomic mass is 79.9. The Bertz CT molecular complexity index is 455. The minimum atomic E-state index is -0.915. The number of hydrogen-bond acceptors (Lipinski definition) is 3. The quantitative estimate of drug-likeness (QED) is 0.669. The molecule has 2 rings (SSSR count). The van der Waals surface area contributed by atoms with Gasteiger partial charge in [-0.15, -0.1) is 0 Å². The standard InChI is InChI=1S/C11H9BrO4/c12-7-2-1-3-8-11(7)6(4-9(13)14)5-10(15)16-8/h1-3,6H,4-5H2,(H,13,14)/t6-/m1/s1. The first-order chi connectivity index (χ1) is 7.58. The van der Waals surface area contributed by atoms with Crippen LogP contribution in [0.4, 0.5) is 0 Å². The summed E-state index contributed by atoms with van der Waals surface area (Å²) in [6.45, 7) is 0. The van der Waals surface area contributed by atoms with E-state index in [1.54, 1.807) is 12.1 Å². The van der Waals surface area contributed by atoms with Crippen LogP contribution in [0, 0.1) is 0 Å². The molecule has 1 heterocycles. The van der Waals surface area contributed by atoms with E-state index in [9.17, 15) is 9.59 Å². The molecule has 0 fully saturated rings. The fraction of sp³-hybridized carbons (Fsp3) is 0.273. The fourth-order valence-electron chi connectivity index (χ4n) is 1.86. The fourth-order valence-corrected chi connectivity index (χ4v) is 2.53. The van der Waals surface area contributed by atoms with Crippen LogP contribution in [-0.2, 0) is 9.59 Å². The van der Waals surface area contributed by atoms with Crippen molar-refractivity contribution in [3.63, 3.8) is 0 Å². The van der Waals surface area contributed by atoms with E-state index in [4.69, 9.17) is 9.84 Å². The zero-order chi connectivity index (χ0) is 11.7. The molecule has 0 aliphatic carbocycles. The molecule has 0 radical (unpaired) electrons. The second kappa shape index (κ2) is 4.25. The number of aliphatic carboxylic acids is 1. The van der Waals surface area contributed by atoms with Gasteiger partial charge >= 0.3 is 11.9 Å². The van der Waals surface area contributed by atoms with Gasteiger partial charge < -0.3 is 9.84 Å². The molecule has 0 amide bonds. The van der Waals surface area contributed by atoms with Gasteiger partial charge in [-0.3, -0.25) is 9.59 Å². The van der Waals surface area contributed by atoms with Crippen molar-refractivity contribution in [2.24, 2.45) is 0 Å². The lowest BCUT2D eigenvalue weighted by Gasteiger charge is -2.24. The van der Waals surface area contributed by atoms with Crippen molar-refractivity contribution in [2.45, 2.75) is 18.8 Å². The molecule has 1 aromatic rings. The normalized spacial score (nSPS) is 18.8. The number of benzene rings is 1. The first-order valence-corrected chi connectivity index (χ1v) is 5.58. The van der Waals surface area contributed by atoms with E-state index in [0.29, 0.717) is 5.75 Å². The minimum Gasteiger partial charge on any atom is -0.481 e. The molecule has 1 atom stereocenters. The highest BCUT2D eigenvalue weighted by Gasteiger charge is 2.30. The molecular weight excluding hydrogens is 276 g/mol. The van der Waals surface area contributed by atoms with E-state index in [1.165, 1.54) is 0 Å².